The number of methoxy groups -OCH3 is 2. The van der Waals surface area contributed by atoms with Crippen LogP contribution in [0.5, 0.6) is 5.75 Å². The van der Waals surface area contributed by atoms with E-state index in [9.17, 15) is 0 Å². The van der Waals surface area contributed by atoms with Crippen molar-refractivity contribution in [1.29, 1.82) is 0 Å². The highest BCUT2D eigenvalue weighted by Crippen LogP contribution is 2.22. The zero-order chi connectivity index (χ0) is 19.8. The number of ether oxygens (including phenoxy) is 2. The molecule has 0 aliphatic carbocycles. The number of nitrogens with one attached hydrogen (secondary N) is 1. The molecule has 0 radical (unpaired) electrons. The number of aliphatic imine (C=N–C) groups is 1. The van der Waals surface area contributed by atoms with Crippen molar-refractivity contribution in [2.75, 3.05) is 52.3 Å². The SMILES string of the molecule is CN=C(NCc1ccc(COC)cc1)N1CCN(c2cccc(OC)c2)CC1. The molecular weight excluding hydrogens is 352 g/mol. The molecular formula is C22H30N4O2. The molecule has 0 bridgehead atoms. The van der Waals surface area contributed by atoms with Gasteiger partial charge < -0.3 is 24.6 Å². The van der Waals surface area contributed by atoms with Crippen LogP contribution in [0, 0.1) is 0 Å². The molecule has 28 heavy (non-hydrogen) atoms. The first-order valence-corrected chi connectivity index (χ1v) is 9.65. The van der Waals surface area contributed by atoms with Crippen molar-refractivity contribution >= 4 is 11.6 Å². The molecule has 6 nitrogen and oxygen atoms in total. The molecule has 1 saturated heterocycles. The summed E-state index contributed by atoms with van der Waals surface area (Å²) in [6.45, 7) is 5.19. The Hall–Kier alpha value is -2.73. The Kier molecular flexibility index (Phi) is 7.14. The van der Waals surface area contributed by atoms with Crippen molar-refractivity contribution in [1.82, 2.24) is 10.2 Å². The zero-order valence-corrected chi connectivity index (χ0v) is 17.0. The summed E-state index contributed by atoms with van der Waals surface area (Å²) in [6.07, 6.45) is 0. The second-order valence-electron chi connectivity index (χ2n) is 6.83. The third kappa shape index (κ3) is 5.16. The fourth-order valence-electron chi connectivity index (χ4n) is 3.42. The highest BCUT2D eigenvalue weighted by Gasteiger charge is 2.20. The second kappa shape index (κ2) is 9.99. The van der Waals surface area contributed by atoms with Crippen molar-refractivity contribution in [3.05, 3.63) is 59.7 Å². The summed E-state index contributed by atoms with van der Waals surface area (Å²) in [4.78, 5) is 9.18. The normalized spacial score (nSPS) is 14.9. The maximum atomic E-state index is 5.34. The maximum Gasteiger partial charge on any atom is 0.194 e. The number of guanidine groups is 1. The van der Waals surface area contributed by atoms with Crippen molar-refractivity contribution in [3.8, 4) is 5.75 Å². The zero-order valence-electron chi connectivity index (χ0n) is 17.0. The van der Waals surface area contributed by atoms with Gasteiger partial charge in [0.1, 0.15) is 5.75 Å². The molecule has 0 atom stereocenters. The molecule has 2 aromatic rings. The Morgan fingerprint density at radius 2 is 1.71 bits per heavy atom. The number of hydrogen-bond acceptors (Lipinski definition) is 4. The van der Waals surface area contributed by atoms with Crippen LogP contribution < -0.4 is 15.0 Å². The highest BCUT2D eigenvalue weighted by molar-refractivity contribution is 5.80. The van der Waals surface area contributed by atoms with Crippen LogP contribution in [0.25, 0.3) is 0 Å². The Morgan fingerprint density at radius 3 is 2.36 bits per heavy atom. The molecule has 3 rings (SSSR count). The van der Waals surface area contributed by atoms with Crippen LogP contribution in [0.1, 0.15) is 11.1 Å². The van der Waals surface area contributed by atoms with Gasteiger partial charge in [0.25, 0.3) is 0 Å². The lowest BCUT2D eigenvalue weighted by molar-refractivity contribution is 0.185. The lowest BCUT2D eigenvalue weighted by atomic mass is 10.1. The molecule has 0 spiro atoms. The lowest BCUT2D eigenvalue weighted by Crippen LogP contribution is -2.52. The van der Waals surface area contributed by atoms with Crippen LogP contribution in [0.4, 0.5) is 5.69 Å². The minimum atomic E-state index is 0.646. The first-order chi connectivity index (χ1) is 13.7. The molecule has 1 fully saturated rings. The summed E-state index contributed by atoms with van der Waals surface area (Å²) in [5.41, 5.74) is 3.62. The van der Waals surface area contributed by atoms with E-state index in [1.165, 1.54) is 16.8 Å². The standard InChI is InChI=1S/C22H30N4O2/c1-23-22(24-16-18-7-9-19(10-8-18)17-27-2)26-13-11-25(12-14-26)20-5-4-6-21(15-20)28-3/h4-10,15H,11-14,16-17H2,1-3H3,(H,23,24). The number of nitrogens with zero attached hydrogens (tertiary/aromatic N) is 3. The molecule has 150 valence electrons. The summed E-state index contributed by atoms with van der Waals surface area (Å²) in [6, 6.07) is 16.7. The summed E-state index contributed by atoms with van der Waals surface area (Å²) in [7, 11) is 5.27. The fraction of sp³-hybridized carbons (Fsp3) is 0.409. The van der Waals surface area contributed by atoms with Crippen molar-refractivity contribution < 1.29 is 9.47 Å². The van der Waals surface area contributed by atoms with Gasteiger partial charge in [-0.1, -0.05) is 30.3 Å². The van der Waals surface area contributed by atoms with Crippen molar-refractivity contribution in [3.63, 3.8) is 0 Å². The fourth-order valence-corrected chi connectivity index (χ4v) is 3.42. The topological polar surface area (TPSA) is 49.3 Å². The number of piperazine rings is 1. The maximum absolute atomic E-state index is 5.34. The molecule has 1 aliphatic rings. The molecule has 0 amide bonds. The molecule has 1 heterocycles. The van der Waals surface area contributed by atoms with Gasteiger partial charge in [0.05, 0.1) is 13.7 Å². The van der Waals surface area contributed by atoms with E-state index < -0.39 is 0 Å². The van der Waals surface area contributed by atoms with Gasteiger partial charge in [-0.05, 0) is 23.3 Å². The van der Waals surface area contributed by atoms with Crippen molar-refractivity contribution in [2.24, 2.45) is 4.99 Å². The first-order valence-electron chi connectivity index (χ1n) is 9.65. The largest absolute Gasteiger partial charge is 0.497 e. The van der Waals surface area contributed by atoms with E-state index in [1.54, 1.807) is 14.2 Å². The molecule has 0 unspecified atom stereocenters. The third-order valence-corrected chi connectivity index (χ3v) is 4.99. The van der Waals surface area contributed by atoms with Crippen LogP contribution in [0.2, 0.25) is 0 Å². The van der Waals surface area contributed by atoms with Gasteiger partial charge in [-0.2, -0.15) is 0 Å². The first kappa shape index (κ1) is 20.0. The van der Waals surface area contributed by atoms with E-state index in [-0.39, 0.29) is 0 Å². The van der Waals surface area contributed by atoms with Gasteiger partial charge in [-0.25, -0.2) is 0 Å². The summed E-state index contributed by atoms with van der Waals surface area (Å²) in [5, 5.41) is 3.49. The monoisotopic (exact) mass is 382 g/mol. The van der Waals surface area contributed by atoms with Crippen LogP contribution in [0.3, 0.4) is 0 Å². The Morgan fingerprint density at radius 1 is 1.00 bits per heavy atom. The second-order valence-corrected chi connectivity index (χ2v) is 6.83. The van der Waals surface area contributed by atoms with E-state index >= 15 is 0 Å². The van der Waals surface area contributed by atoms with E-state index in [0.29, 0.717) is 6.61 Å². The highest BCUT2D eigenvalue weighted by atomic mass is 16.5. The van der Waals surface area contributed by atoms with Crippen LogP contribution in [0.15, 0.2) is 53.5 Å². The van der Waals surface area contributed by atoms with Crippen LogP contribution in [-0.4, -0.2) is 58.3 Å². The van der Waals surface area contributed by atoms with Gasteiger partial charge in [0.15, 0.2) is 5.96 Å². The molecule has 0 saturated carbocycles. The summed E-state index contributed by atoms with van der Waals surface area (Å²) >= 11 is 0. The number of benzene rings is 2. The minimum absolute atomic E-state index is 0.646. The summed E-state index contributed by atoms with van der Waals surface area (Å²) in [5.74, 6) is 1.85. The van der Waals surface area contributed by atoms with Gasteiger partial charge >= 0.3 is 0 Å². The van der Waals surface area contributed by atoms with Gasteiger partial charge in [-0.3, -0.25) is 4.99 Å². The van der Waals surface area contributed by atoms with E-state index in [2.05, 4.69) is 56.5 Å². The molecule has 1 aliphatic heterocycles. The predicted molar refractivity (Wildman–Crippen MR) is 114 cm³/mol. The molecule has 1 N–H and O–H groups in total. The third-order valence-electron chi connectivity index (χ3n) is 4.99. The average molecular weight is 383 g/mol. The number of anilines is 1. The summed E-state index contributed by atoms with van der Waals surface area (Å²) < 4.78 is 10.5. The van der Waals surface area contributed by atoms with E-state index in [4.69, 9.17) is 9.47 Å². The van der Waals surface area contributed by atoms with E-state index in [0.717, 1.165) is 44.4 Å². The Balaban J connectivity index is 1.52. The van der Waals surface area contributed by atoms with Crippen molar-refractivity contribution in [2.45, 2.75) is 13.2 Å². The van der Waals surface area contributed by atoms with Crippen LogP contribution in [-0.2, 0) is 17.9 Å². The molecule has 0 aromatic heterocycles. The smallest absolute Gasteiger partial charge is 0.194 e. The Bertz CT molecular complexity index is 768. The molecule has 6 heteroatoms. The average Bonchev–Trinajstić information content (AvgIpc) is 2.76. The van der Waals surface area contributed by atoms with Gasteiger partial charge in [0, 0.05) is 58.6 Å². The number of rotatable bonds is 6. The molecule has 2 aromatic carbocycles. The van der Waals surface area contributed by atoms with E-state index in [1.807, 2.05) is 19.2 Å². The lowest BCUT2D eigenvalue weighted by Gasteiger charge is -2.37. The quantitative estimate of drug-likeness (QED) is 0.615. The van der Waals surface area contributed by atoms with Gasteiger partial charge in [-0.15, -0.1) is 0 Å². The minimum Gasteiger partial charge on any atom is -0.497 e. The Labute approximate surface area is 167 Å². The number of hydrogen-bond donors (Lipinski definition) is 1. The van der Waals surface area contributed by atoms with Crippen LogP contribution >= 0.6 is 0 Å². The van der Waals surface area contributed by atoms with Gasteiger partial charge in [0.2, 0.25) is 0 Å². The predicted octanol–water partition coefficient (Wildman–Crippen LogP) is 2.74.